The Balaban J connectivity index is 2.01. The van der Waals surface area contributed by atoms with Gasteiger partial charge in [-0.05, 0) is 48.5 Å². The number of rotatable bonds is 8. The molecular formula is C17H20N2O7S2. The van der Waals surface area contributed by atoms with Gasteiger partial charge in [-0.3, -0.25) is 0 Å². The van der Waals surface area contributed by atoms with Crippen molar-refractivity contribution in [1.82, 2.24) is 0 Å². The standard InChI is InChI=1S/C17H20N2O7S2/c20-9-11-27(23,24)15-5-1-13(2-6-15)18-17(22)19-14-3-7-16(8-4-14)28(25,26)12-10-21/h1-8,20-21H,9-12H2,(H2,18,19,22). The summed E-state index contributed by atoms with van der Waals surface area (Å²) >= 11 is 0. The molecule has 0 bridgehead atoms. The Hall–Kier alpha value is -2.47. The molecule has 4 N–H and O–H groups in total. The number of sulfone groups is 2. The minimum atomic E-state index is -3.57. The molecule has 2 amide bonds. The van der Waals surface area contributed by atoms with E-state index in [2.05, 4.69) is 10.6 Å². The summed E-state index contributed by atoms with van der Waals surface area (Å²) in [5.41, 5.74) is 0.699. The predicted molar refractivity (Wildman–Crippen MR) is 104 cm³/mol. The molecule has 152 valence electrons. The van der Waals surface area contributed by atoms with Gasteiger partial charge in [-0.15, -0.1) is 0 Å². The lowest BCUT2D eigenvalue weighted by Crippen LogP contribution is -2.19. The monoisotopic (exact) mass is 428 g/mol. The second-order valence-corrected chi connectivity index (χ2v) is 9.93. The van der Waals surface area contributed by atoms with Crippen LogP contribution in [0.3, 0.4) is 0 Å². The summed E-state index contributed by atoms with van der Waals surface area (Å²) in [7, 11) is -7.14. The zero-order chi connectivity index (χ0) is 20.8. The number of anilines is 2. The summed E-state index contributed by atoms with van der Waals surface area (Å²) in [5, 5.41) is 22.6. The Kier molecular flexibility index (Phi) is 7.13. The number of aliphatic hydroxyl groups is 2. The Morgan fingerprint density at radius 2 is 1.00 bits per heavy atom. The van der Waals surface area contributed by atoms with E-state index in [0.29, 0.717) is 11.4 Å². The van der Waals surface area contributed by atoms with E-state index in [-0.39, 0.29) is 21.3 Å². The van der Waals surface area contributed by atoms with E-state index in [0.717, 1.165) is 0 Å². The molecule has 0 saturated carbocycles. The Bertz CT molecular complexity index is 933. The van der Waals surface area contributed by atoms with E-state index in [9.17, 15) is 21.6 Å². The smallest absolute Gasteiger partial charge is 0.323 e. The number of benzene rings is 2. The molecule has 0 fully saturated rings. The van der Waals surface area contributed by atoms with E-state index in [1.807, 2.05) is 0 Å². The van der Waals surface area contributed by atoms with Gasteiger partial charge in [0.1, 0.15) is 0 Å². The molecule has 11 heteroatoms. The third kappa shape index (κ3) is 5.76. The van der Waals surface area contributed by atoms with Crippen molar-refractivity contribution >= 4 is 37.1 Å². The van der Waals surface area contributed by atoms with Gasteiger partial charge < -0.3 is 20.8 Å². The number of carbonyl (C=O) groups excluding carboxylic acids is 1. The topological polar surface area (TPSA) is 150 Å². The lowest BCUT2D eigenvalue weighted by Gasteiger charge is -2.09. The molecule has 0 saturated heterocycles. The fourth-order valence-electron chi connectivity index (χ4n) is 2.26. The van der Waals surface area contributed by atoms with Crippen LogP contribution in [0.15, 0.2) is 58.3 Å². The van der Waals surface area contributed by atoms with Crippen LogP contribution in [0.2, 0.25) is 0 Å². The number of amides is 2. The first-order valence-corrected chi connectivity index (χ1v) is 11.4. The highest BCUT2D eigenvalue weighted by Crippen LogP contribution is 2.17. The van der Waals surface area contributed by atoms with Gasteiger partial charge in [-0.2, -0.15) is 0 Å². The molecule has 0 unspecified atom stereocenters. The van der Waals surface area contributed by atoms with Crippen LogP contribution in [-0.4, -0.2) is 57.8 Å². The lowest BCUT2D eigenvalue weighted by atomic mass is 10.3. The zero-order valence-electron chi connectivity index (χ0n) is 14.7. The molecular weight excluding hydrogens is 408 g/mol. The minimum absolute atomic E-state index is 0.0344. The summed E-state index contributed by atoms with van der Waals surface area (Å²) in [6.07, 6.45) is 0. The molecule has 0 aliphatic heterocycles. The van der Waals surface area contributed by atoms with Crippen LogP contribution in [0.5, 0.6) is 0 Å². The van der Waals surface area contributed by atoms with Crippen LogP contribution in [-0.2, 0) is 19.7 Å². The van der Waals surface area contributed by atoms with Crippen molar-refractivity contribution < 1.29 is 31.8 Å². The normalized spacial score (nSPS) is 11.8. The van der Waals surface area contributed by atoms with E-state index in [1.165, 1.54) is 48.5 Å². The zero-order valence-corrected chi connectivity index (χ0v) is 16.3. The Morgan fingerprint density at radius 3 is 1.29 bits per heavy atom. The largest absolute Gasteiger partial charge is 0.395 e. The van der Waals surface area contributed by atoms with Crippen molar-refractivity contribution in [1.29, 1.82) is 0 Å². The predicted octanol–water partition coefficient (Wildman–Crippen LogP) is 0.863. The summed E-state index contributed by atoms with van der Waals surface area (Å²) in [4.78, 5) is 12.1. The van der Waals surface area contributed by atoms with Crippen LogP contribution >= 0.6 is 0 Å². The van der Waals surface area contributed by atoms with E-state index < -0.39 is 38.9 Å². The fourth-order valence-corrected chi connectivity index (χ4v) is 4.31. The molecule has 0 aliphatic rings. The minimum Gasteiger partial charge on any atom is -0.395 e. The molecule has 28 heavy (non-hydrogen) atoms. The number of urea groups is 1. The maximum Gasteiger partial charge on any atom is 0.323 e. The molecule has 9 nitrogen and oxygen atoms in total. The van der Waals surface area contributed by atoms with Gasteiger partial charge in [-0.25, -0.2) is 21.6 Å². The van der Waals surface area contributed by atoms with E-state index in [1.54, 1.807) is 0 Å². The van der Waals surface area contributed by atoms with Gasteiger partial charge in [0.15, 0.2) is 19.7 Å². The number of hydrogen-bond acceptors (Lipinski definition) is 7. The average molecular weight is 428 g/mol. The molecule has 0 radical (unpaired) electrons. The average Bonchev–Trinajstić information content (AvgIpc) is 2.62. The molecule has 2 rings (SSSR count). The maximum atomic E-state index is 12.0. The molecule has 2 aromatic carbocycles. The van der Waals surface area contributed by atoms with Crippen molar-refractivity contribution in [3.8, 4) is 0 Å². The van der Waals surface area contributed by atoms with Gasteiger partial charge in [0.05, 0.1) is 34.5 Å². The first-order valence-electron chi connectivity index (χ1n) is 8.13. The van der Waals surface area contributed by atoms with Gasteiger partial charge in [0, 0.05) is 11.4 Å². The van der Waals surface area contributed by atoms with Crippen LogP contribution in [0, 0.1) is 0 Å². The van der Waals surface area contributed by atoms with Gasteiger partial charge in [0.2, 0.25) is 0 Å². The first-order chi connectivity index (χ1) is 13.2. The molecule has 0 aliphatic carbocycles. The van der Waals surface area contributed by atoms with Crippen molar-refractivity contribution in [2.24, 2.45) is 0 Å². The Morgan fingerprint density at radius 1 is 0.679 bits per heavy atom. The second kappa shape index (κ2) is 9.15. The van der Waals surface area contributed by atoms with Gasteiger partial charge in [-0.1, -0.05) is 0 Å². The highest BCUT2D eigenvalue weighted by atomic mass is 32.2. The van der Waals surface area contributed by atoms with Crippen LogP contribution < -0.4 is 10.6 Å². The van der Waals surface area contributed by atoms with Crippen LogP contribution in [0.4, 0.5) is 16.2 Å². The lowest BCUT2D eigenvalue weighted by molar-refractivity contribution is 0.262. The summed E-state index contributed by atoms with van der Waals surface area (Å²) < 4.78 is 47.3. The van der Waals surface area contributed by atoms with Gasteiger partial charge >= 0.3 is 6.03 Å². The van der Waals surface area contributed by atoms with Crippen molar-refractivity contribution in [2.75, 3.05) is 35.4 Å². The number of nitrogens with one attached hydrogen (secondary N) is 2. The molecule has 0 aromatic heterocycles. The van der Waals surface area contributed by atoms with Crippen molar-refractivity contribution in [3.05, 3.63) is 48.5 Å². The van der Waals surface area contributed by atoms with Crippen molar-refractivity contribution in [2.45, 2.75) is 9.79 Å². The fraction of sp³-hybridized carbons (Fsp3) is 0.235. The quantitative estimate of drug-likeness (QED) is 0.487. The second-order valence-electron chi connectivity index (χ2n) is 5.71. The summed E-state index contributed by atoms with van der Waals surface area (Å²) in [6, 6.07) is 10.3. The maximum absolute atomic E-state index is 12.0. The van der Waals surface area contributed by atoms with Crippen molar-refractivity contribution in [3.63, 3.8) is 0 Å². The van der Waals surface area contributed by atoms with E-state index >= 15 is 0 Å². The summed E-state index contributed by atoms with van der Waals surface area (Å²) in [6.45, 7) is -0.963. The first kappa shape index (κ1) is 21.8. The SMILES string of the molecule is O=C(Nc1ccc(S(=O)(=O)CCO)cc1)Nc1ccc(S(=O)(=O)CCO)cc1. The molecule has 0 heterocycles. The number of hydrogen-bond donors (Lipinski definition) is 4. The van der Waals surface area contributed by atoms with Crippen LogP contribution in [0.25, 0.3) is 0 Å². The third-order valence-electron chi connectivity index (χ3n) is 3.66. The highest BCUT2D eigenvalue weighted by molar-refractivity contribution is 7.91. The van der Waals surface area contributed by atoms with Gasteiger partial charge in [0.25, 0.3) is 0 Å². The number of aliphatic hydroxyl groups excluding tert-OH is 2. The molecule has 0 spiro atoms. The Labute approximate surface area is 162 Å². The third-order valence-corrected chi connectivity index (χ3v) is 7.08. The summed E-state index contributed by atoms with van der Waals surface area (Å²) in [5.74, 6) is -0.769. The highest BCUT2D eigenvalue weighted by Gasteiger charge is 2.15. The molecule has 2 aromatic rings. The van der Waals surface area contributed by atoms with Crippen LogP contribution in [0.1, 0.15) is 0 Å². The van der Waals surface area contributed by atoms with E-state index in [4.69, 9.17) is 10.2 Å². The molecule has 0 atom stereocenters. The number of carbonyl (C=O) groups is 1.